The Kier molecular flexibility index (Phi) is 5.22. The Morgan fingerprint density at radius 3 is 2.53 bits per heavy atom. The number of aliphatic carboxylic acids is 1. The van der Waals surface area contributed by atoms with E-state index in [1.165, 1.54) is 25.7 Å². The van der Waals surface area contributed by atoms with Gasteiger partial charge in [-0.2, -0.15) is 0 Å². The first-order valence-electron chi connectivity index (χ1n) is 7.66. The van der Waals surface area contributed by atoms with E-state index in [2.05, 4.69) is 4.90 Å². The lowest BCUT2D eigenvalue weighted by molar-refractivity contribution is -0.142. The minimum Gasteiger partial charge on any atom is -0.481 e. The summed E-state index contributed by atoms with van der Waals surface area (Å²) in [6.07, 6.45) is 9.55. The average molecular weight is 269 g/mol. The number of carbonyl (C=O) groups is 1. The Morgan fingerprint density at radius 1 is 1.26 bits per heavy atom. The lowest BCUT2D eigenvalue weighted by Crippen LogP contribution is -2.54. The number of methoxy groups -OCH3 is 1. The normalized spacial score (nSPS) is 33.8. The minimum atomic E-state index is -0.666. The number of carboxylic acids is 1. The molecule has 1 saturated carbocycles. The largest absolute Gasteiger partial charge is 0.481 e. The van der Waals surface area contributed by atoms with E-state index < -0.39 is 5.97 Å². The Hall–Kier alpha value is -0.610. The van der Waals surface area contributed by atoms with Crippen molar-refractivity contribution in [1.29, 1.82) is 0 Å². The molecule has 110 valence electrons. The van der Waals surface area contributed by atoms with E-state index >= 15 is 0 Å². The number of hydrogen-bond donors (Lipinski definition) is 1. The molecule has 2 unspecified atom stereocenters. The van der Waals surface area contributed by atoms with Crippen molar-refractivity contribution >= 4 is 5.97 Å². The molecule has 0 radical (unpaired) electrons. The van der Waals surface area contributed by atoms with Gasteiger partial charge in [-0.1, -0.05) is 12.8 Å². The van der Waals surface area contributed by atoms with Crippen molar-refractivity contribution in [3.63, 3.8) is 0 Å². The van der Waals surface area contributed by atoms with Gasteiger partial charge in [-0.05, 0) is 51.6 Å². The Bertz CT molecular complexity index is 300. The summed E-state index contributed by atoms with van der Waals surface area (Å²) in [6, 6.07) is 0. The van der Waals surface area contributed by atoms with E-state index in [1.807, 2.05) is 0 Å². The van der Waals surface area contributed by atoms with E-state index in [1.54, 1.807) is 7.11 Å². The molecule has 0 aromatic rings. The highest BCUT2D eigenvalue weighted by Gasteiger charge is 2.42. The van der Waals surface area contributed by atoms with E-state index in [4.69, 9.17) is 4.74 Å². The van der Waals surface area contributed by atoms with Gasteiger partial charge in [-0.3, -0.25) is 9.69 Å². The molecule has 2 atom stereocenters. The van der Waals surface area contributed by atoms with E-state index in [9.17, 15) is 9.90 Å². The van der Waals surface area contributed by atoms with Crippen molar-refractivity contribution in [1.82, 2.24) is 4.90 Å². The third kappa shape index (κ3) is 3.69. The predicted molar refractivity (Wildman–Crippen MR) is 74.3 cm³/mol. The highest BCUT2D eigenvalue weighted by molar-refractivity contribution is 5.68. The molecular weight excluding hydrogens is 242 g/mol. The zero-order valence-corrected chi connectivity index (χ0v) is 12.1. The van der Waals surface area contributed by atoms with Gasteiger partial charge in [-0.15, -0.1) is 0 Å². The monoisotopic (exact) mass is 269 g/mol. The van der Waals surface area contributed by atoms with Crippen LogP contribution in [0.15, 0.2) is 0 Å². The SMILES string of the molecule is COC1CCCC(CC(=O)O)(N2CCCCCC2)C1. The lowest BCUT2D eigenvalue weighted by Gasteiger charge is -2.47. The van der Waals surface area contributed by atoms with Gasteiger partial charge >= 0.3 is 5.97 Å². The summed E-state index contributed by atoms with van der Waals surface area (Å²) in [7, 11) is 1.75. The van der Waals surface area contributed by atoms with Crippen molar-refractivity contribution in [2.24, 2.45) is 0 Å². The van der Waals surface area contributed by atoms with Crippen molar-refractivity contribution in [2.75, 3.05) is 20.2 Å². The van der Waals surface area contributed by atoms with Crippen LogP contribution in [-0.4, -0.2) is 47.8 Å². The third-order valence-corrected chi connectivity index (χ3v) is 4.87. The summed E-state index contributed by atoms with van der Waals surface area (Å²) in [6.45, 7) is 2.12. The van der Waals surface area contributed by atoms with Crippen LogP contribution < -0.4 is 0 Å². The molecule has 0 bridgehead atoms. The molecule has 2 aliphatic rings. The van der Waals surface area contributed by atoms with Crippen LogP contribution >= 0.6 is 0 Å². The van der Waals surface area contributed by atoms with Gasteiger partial charge < -0.3 is 9.84 Å². The van der Waals surface area contributed by atoms with Crippen molar-refractivity contribution in [2.45, 2.75) is 69.4 Å². The molecule has 0 amide bonds. The highest BCUT2D eigenvalue weighted by Crippen LogP contribution is 2.38. The summed E-state index contributed by atoms with van der Waals surface area (Å²) < 4.78 is 5.53. The summed E-state index contributed by atoms with van der Waals surface area (Å²) in [5, 5.41) is 9.32. The summed E-state index contributed by atoms with van der Waals surface area (Å²) >= 11 is 0. The highest BCUT2D eigenvalue weighted by atomic mass is 16.5. The smallest absolute Gasteiger partial charge is 0.305 e. The van der Waals surface area contributed by atoms with Crippen molar-refractivity contribution in [3.8, 4) is 0 Å². The zero-order valence-electron chi connectivity index (χ0n) is 12.1. The van der Waals surface area contributed by atoms with Crippen molar-refractivity contribution in [3.05, 3.63) is 0 Å². The number of likely N-dealkylation sites (tertiary alicyclic amines) is 1. The molecular formula is C15H27NO3. The summed E-state index contributed by atoms with van der Waals surface area (Å²) in [5.41, 5.74) is -0.158. The third-order valence-electron chi connectivity index (χ3n) is 4.87. The zero-order chi connectivity index (χ0) is 13.7. The second kappa shape index (κ2) is 6.71. The first-order valence-corrected chi connectivity index (χ1v) is 7.66. The number of carboxylic acid groups (broad SMARTS) is 1. The molecule has 1 N–H and O–H groups in total. The summed E-state index contributed by atoms with van der Waals surface area (Å²) in [4.78, 5) is 13.8. The van der Waals surface area contributed by atoms with Gasteiger partial charge in [0.1, 0.15) is 0 Å². The fraction of sp³-hybridized carbons (Fsp3) is 0.933. The van der Waals surface area contributed by atoms with Crippen LogP contribution in [0.5, 0.6) is 0 Å². The van der Waals surface area contributed by atoms with Crippen LogP contribution in [0, 0.1) is 0 Å². The topological polar surface area (TPSA) is 49.8 Å². The van der Waals surface area contributed by atoms with Gasteiger partial charge in [0.05, 0.1) is 12.5 Å². The minimum absolute atomic E-state index is 0.158. The van der Waals surface area contributed by atoms with Gasteiger partial charge in [0.15, 0.2) is 0 Å². The van der Waals surface area contributed by atoms with E-state index in [0.717, 1.165) is 38.8 Å². The number of rotatable bonds is 4. The quantitative estimate of drug-likeness (QED) is 0.852. The Labute approximate surface area is 116 Å². The van der Waals surface area contributed by atoms with Crippen LogP contribution in [0.1, 0.15) is 57.8 Å². The van der Waals surface area contributed by atoms with Gasteiger partial charge in [0.25, 0.3) is 0 Å². The summed E-state index contributed by atoms with van der Waals surface area (Å²) in [5.74, 6) is -0.666. The molecule has 0 aromatic carbocycles. The van der Waals surface area contributed by atoms with Crippen LogP contribution in [-0.2, 0) is 9.53 Å². The van der Waals surface area contributed by atoms with E-state index in [-0.39, 0.29) is 18.1 Å². The average Bonchev–Trinajstić information content (AvgIpc) is 2.67. The maximum atomic E-state index is 11.3. The van der Waals surface area contributed by atoms with Crippen molar-refractivity contribution < 1.29 is 14.6 Å². The molecule has 1 saturated heterocycles. The number of ether oxygens (including phenoxy) is 1. The molecule has 1 aliphatic heterocycles. The Morgan fingerprint density at radius 2 is 1.95 bits per heavy atom. The molecule has 4 nitrogen and oxygen atoms in total. The molecule has 1 aliphatic carbocycles. The number of nitrogens with zero attached hydrogens (tertiary/aromatic N) is 1. The molecule has 2 rings (SSSR count). The van der Waals surface area contributed by atoms with Crippen LogP contribution in [0.2, 0.25) is 0 Å². The fourth-order valence-electron chi connectivity index (χ4n) is 3.87. The fourth-order valence-corrected chi connectivity index (χ4v) is 3.87. The number of hydrogen-bond acceptors (Lipinski definition) is 3. The molecule has 1 heterocycles. The maximum absolute atomic E-state index is 11.3. The second-order valence-electron chi connectivity index (χ2n) is 6.15. The van der Waals surface area contributed by atoms with E-state index in [0.29, 0.717) is 0 Å². The van der Waals surface area contributed by atoms with Gasteiger partial charge in [-0.25, -0.2) is 0 Å². The van der Waals surface area contributed by atoms with Gasteiger partial charge in [0.2, 0.25) is 0 Å². The molecule has 4 heteroatoms. The standard InChI is InChI=1S/C15H27NO3/c1-19-13-7-6-8-15(11-13,12-14(17)18)16-9-4-2-3-5-10-16/h13H,2-12H2,1H3,(H,17,18). The molecule has 2 fully saturated rings. The predicted octanol–water partition coefficient (Wildman–Crippen LogP) is 2.66. The maximum Gasteiger partial charge on any atom is 0.305 e. The van der Waals surface area contributed by atoms with Gasteiger partial charge in [0, 0.05) is 12.6 Å². The molecule has 0 spiro atoms. The van der Waals surface area contributed by atoms with Crippen LogP contribution in [0.3, 0.4) is 0 Å². The first kappa shape index (κ1) is 14.8. The first-order chi connectivity index (χ1) is 9.16. The van der Waals surface area contributed by atoms with Crippen LogP contribution in [0.4, 0.5) is 0 Å². The molecule has 0 aromatic heterocycles. The second-order valence-corrected chi connectivity index (χ2v) is 6.15. The van der Waals surface area contributed by atoms with Crippen LogP contribution in [0.25, 0.3) is 0 Å². The lowest BCUT2D eigenvalue weighted by atomic mass is 9.76. The Balaban J connectivity index is 2.14. The molecule has 19 heavy (non-hydrogen) atoms.